The van der Waals surface area contributed by atoms with Gasteiger partial charge in [0.2, 0.25) is 11.8 Å². The van der Waals surface area contributed by atoms with Crippen LogP contribution in [-0.2, 0) is 16.1 Å². The van der Waals surface area contributed by atoms with Gasteiger partial charge in [0.05, 0.1) is 7.11 Å². The van der Waals surface area contributed by atoms with Gasteiger partial charge in [-0.2, -0.15) is 0 Å². The van der Waals surface area contributed by atoms with Crippen molar-refractivity contribution in [3.63, 3.8) is 0 Å². The van der Waals surface area contributed by atoms with Gasteiger partial charge < -0.3 is 15.0 Å². The van der Waals surface area contributed by atoms with Crippen molar-refractivity contribution in [2.24, 2.45) is 5.92 Å². The highest BCUT2D eigenvalue weighted by molar-refractivity contribution is 5.84. The highest BCUT2D eigenvalue weighted by atomic mass is 16.5. The van der Waals surface area contributed by atoms with E-state index in [1.807, 2.05) is 29.2 Å². The number of fused-ring (bicyclic) bond motifs is 3. The Morgan fingerprint density at radius 3 is 2.72 bits per heavy atom. The maximum absolute atomic E-state index is 13.4. The summed E-state index contributed by atoms with van der Waals surface area (Å²) in [6, 6.07) is 8.16. The molecule has 3 fully saturated rings. The van der Waals surface area contributed by atoms with E-state index in [-0.39, 0.29) is 35.9 Å². The summed E-state index contributed by atoms with van der Waals surface area (Å²) in [6.45, 7) is 4.20. The van der Waals surface area contributed by atoms with Crippen LogP contribution in [0.5, 0.6) is 5.75 Å². The van der Waals surface area contributed by atoms with Crippen LogP contribution in [0.3, 0.4) is 0 Å². The average molecular weight is 401 g/mol. The summed E-state index contributed by atoms with van der Waals surface area (Å²) in [6.07, 6.45) is 4.33. The Morgan fingerprint density at radius 2 is 2.00 bits per heavy atom. The minimum Gasteiger partial charge on any atom is -0.497 e. The van der Waals surface area contributed by atoms with Crippen LogP contribution in [0.1, 0.15) is 44.6 Å². The molecule has 4 unspecified atom stereocenters. The van der Waals surface area contributed by atoms with E-state index in [0.29, 0.717) is 13.1 Å². The predicted octanol–water partition coefficient (Wildman–Crippen LogP) is 1.68. The topological polar surface area (TPSA) is 73.9 Å². The van der Waals surface area contributed by atoms with Crippen LogP contribution in [0.4, 0.5) is 0 Å². The summed E-state index contributed by atoms with van der Waals surface area (Å²) in [5.41, 5.74) is 4.53. The zero-order valence-electron chi connectivity index (χ0n) is 17.4. The molecule has 158 valence electrons. The molecule has 2 saturated heterocycles. The molecule has 1 aliphatic carbocycles. The van der Waals surface area contributed by atoms with Crippen LogP contribution in [0.25, 0.3) is 0 Å². The van der Waals surface area contributed by atoms with E-state index < -0.39 is 0 Å². The summed E-state index contributed by atoms with van der Waals surface area (Å²) in [7, 11) is 1.65. The first kappa shape index (κ1) is 20.2. The maximum atomic E-state index is 13.4. The molecule has 3 aliphatic rings. The summed E-state index contributed by atoms with van der Waals surface area (Å²) < 4.78 is 5.26. The Labute approximate surface area is 172 Å². The molecule has 0 aromatic heterocycles. The molecule has 2 heterocycles. The molecule has 0 bridgehead atoms. The molecule has 2 N–H and O–H groups in total. The Kier molecular flexibility index (Phi) is 6.06. The molecule has 0 spiro atoms. The van der Waals surface area contributed by atoms with Crippen molar-refractivity contribution in [1.29, 1.82) is 0 Å². The number of hydrazine groups is 1. The zero-order valence-corrected chi connectivity index (χ0v) is 17.4. The number of benzene rings is 1. The van der Waals surface area contributed by atoms with Gasteiger partial charge in [-0.05, 0) is 49.8 Å². The number of hydrogen-bond donors (Lipinski definition) is 2. The average Bonchev–Trinajstić information content (AvgIpc) is 3.25. The maximum Gasteiger partial charge on any atom is 0.242 e. The van der Waals surface area contributed by atoms with Crippen LogP contribution in [0.2, 0.25) is 0 Å². The van der Waals surface area contributed by atoms with Gasteiger partial charge in [-0.1, -0.05) is 19.1 Å². The van der Waals surface area contributed by atoms with Crippen molar-refractivity contribution in [3.05, 3.63) is 29.8 Å². The van der Waals surface area contributed by atoms with Crippen molar-refractivity contribution < 1.29 is 14.3 Å². The van der Waals surface area contributed by atoms with Crippen molar-refractivity contribution in [2.75, 3.05) is 20.2 Å². The van der Waals surface area contributed by atoms with Crippen molar-refractivity contribution in [3.8, 4) is 5.75 Å². The first-order valence-corrected chi connectivity index (χ1v) is 10.8. The summed E-state index contributed by atoms with van der Waals surface area (Å²) in [5.74, 6) is 1.11. The smallest absolute Gasteiger partial charge is 0.242 e. The molecule has 0 radical (unpaired) electrons. The van der Waals surface area contributed by atoms with Crippen LogP contribution in [0.15, 0.2) is 24.3 Å². The van der Waals surface area contributed by atoms with Gasteiger partial charge in [-0.25, -0.2) is 5.01 Å². The van der Waals surface area contributed by atoms with Crippen LogP contribution in [-0.4, -0.2) is 60.0 Å². The molecule has 1 aromatic rings. The van der Waals surface area contributed by atoms with Crippen LogP contribution < -0.4 is 15.5 Å². The van der Waals surface area contributed by atoms with E-state index in [1.54, 1.807) is 7.11 Å². The number of ether oxygens (including phenoxy) is 1. The van der Waals surface area contributed by atoms with Gasteiger partial charge in [-0.15, -0.1) is 0 Å². The molecule has 1 aromatic carbocycles. The number of methoxy groups -OCH3 is 1. The second kappa shape index (κ2) is 8.71. The van der Waals surface area contributed by atoms with Gasteiger partial charge in [0.25, 0.3) is 0 Å². The fourth-order valence-corrected chi connectivity index (χ4v) is 5.07. The number of nitrogens with zero attached hydrogens (tertiary/aromatic N) is 2. The van der Waals surface area contributed by atoms with E-state index in [4.69, 9.17) is 4.74 Å². The number of carbonyl (C=O) groups is 2. The molecule has 4 rings (SSSR count). The van der Waals surface area contributed by atoms with E-state index in [2.05, 4.69) is 22.7 Å². The third-order valence-electron chi connectivity index (χ3n) is 6.59. The molecular formula is C22H32N4O3. The van der Waals surface area contributed by atoms with Gasteiger partial charge in [0.15, 0.2) is 0 Å². The second-order valence-electron chi connectivity index (χ2n) is 8.37. The predicted molar refractivity (Wildman–Crippen MR) is 110 cm³/mol. The largest absolute Gasteiger partial charge is 0.497 e. The highest BCUT2D eigenvalue weighted by Crippen LogP contribution is 2.38. The zero-order chi connectivity index (χ0) is 20.4. The fraction of sp³-hybridized carbons (Fsp3) is 0.636. The van der Waals surface area contributed by atoms with Crippen molar-refractivity contribution in [2.45, 2.75) is 63.7 Å². The Bertz CT molecular complexity index is 738. The van der Waals surface area contributed by atoms with Gasteiger partial charge in [0, 0.05) is 37.6 Å². The SMILES string of the molecule is CCCNC(=O)C1CCC2C(C1)N(Cc1ccc(OC)cc1)C(=O)C1CCNN12. The lowest BCUT2D eigenvalue weighted by Gasteiger charge is -2.51. The minimum absolute atomic E-state index is 0.0203. The van der Waals surface area contributed by atoms with Crippen molar-refractivity contribution >= 4 is 11.8 Å². The lowest BCUT2D eigenvalue weighted by molar-refractivity contribution is -0.157. The number of hydrogen-bond acceptors (Lipinski definition) is 5. The van der Waals surface area contributed by atoms with Gasteiger partial charge >= 0.3 is 0 Å². The quantitative estimate of drug-likeness (QED) is 0.760. The number of amides is 2. The Hall–Kier alpha value is -2.12. The van der Waals surface area contributed by atoms with E-state index in [9.17, 15) is 9.59 Å². The van der Waals surface area contributed by atoms with Crippen LogP contribution in [0, 0.1) is 5.92 Å². The normalized spacial score (nSPS) is 29.3. The lowest BCUT2D eigenvalue weighted by Crippen LogP contribution is -2.68. The third-order valence-corrected chi connectivity index (χ3v) is 6.59. The molecule has 2 aliphatic heterocycles. The van der Waals surface area contributed by atoms with E-state index in [1.165, 1.54) is 0 Å². The highest BCUT2D eigenvalue weighted by Gasteiger charge is 2.51. The minimum atomic E-state index is -0.0834. The Balaban J connectivity index is 1.55. The molecule has 1 saturated carbocycles. The molecule has 7 heteroatoms. The van der Waals surface area contributed by atoms with Crippen LogP contribution >= 0.6 is 0 Å². The first-order chi connectivity index (χ1) is 14.1. The molecule has 4 atom stereocenters. The molecule has 29 heavy (non-hydrogen) atoms. The van der Waals surface area contributed by atoms with Gasteiger partial charge in [-0.3, -0.25) is 15.0 Å². The Morgan fingerprint density at radius 1 is 1.21 bits per heavy atom. The number of carbonyl (C=O) groups excluding carboxylic acids is 2. The lowest BCUT2D eigenvalue weighted by atomic mass is 9.78. The number of rotatable bonds is 6. The summed E-state index contributed by atoms with van der Waals surface area (Å²) in [4.78, 5) is 28.0. The third kappa shape index (κ3) is 3.98. The summed E-state index contributed by atoms with van der Waals surface area (Å²) >= 11 is 0. The number of nitrogens with one attached hydrogen (secondary N) is 2. The molecule has 2 amide bonds. The van der Waals surface area contributed by atoms with E-state index in [0.717, 1.165) is 50.0 Å². The first-order valence-electron chi connectivity index (χ1n) is 10.8. The monoisotopic (exact) mass is 400 g/mol. The summed E-state index contributed by atoms with van der Waals surface area (Å²) in [5, 5.41) is 5.24. The second-order valence-corrected chi connectivity index (χ2v) is 8.37. The standard InChI is InChI=1S/C22H32N4O3/c1-3-11-23-21(27)16-6-9-18-20(13-16)25(22(28)19-10-12-24-26(18)19)14-15-4-7-17(29-2)8-5-15/h4-5,7-8,16,18-20,24H,3,6,9-14H2,1-2H3,(H,23,27). The van der Waals surface area contributed by atoms with Crippen molar-refractivity contribution in [1.82, 2.24) is 20.7 Å². The fourth-order valence-electron chi connectivity index (χ4n) is 5.07. The van der Waals surface area contributed by atoms with Gasteiger partial charge in [0.1, 0.15) is 11.8 Å². The molecular weight excluding hydrogens is 368 g/mol. The number of piperazine rings is 1. The molecule has 7 nitrogen and oxygen atoms in total. The van der Waals surface area contributed by atoms with E-state index >= 15 is 0 Å².